The second kappa shape index (κ2) is 6.57. The van der Waals surface area contributed by atoms with E-state index < -0.39 is 17.6 Å². The summed E-state index contributed by atoms with van der Waals surface area (Å²) < 4.78 is 28.3. The minimum Gasteiger partial charge on any atom is -0.618 e. The zero-order valence-electron chi connectivity index (χ0n) is 9.68. The van der Waals surface area contributed by atoms with Crippen LogP contribution < -0.4 is 10.0 Å². The van der Waals surface area contributed by atoms with Crippen LogP contribution in [0.3, 0.4) is 0 Å². The molecule has 1 N–H and O–H groups in total. The van der Waals surface area contributed by atoms with Gasteiger partial charge in [-0.25, -0.2) is 0 Å². The molecular weight excluding hydrogens is 332 g/mol. The Morgan fingerprint density at radius 3 is 2.79 bits per heavy atom. The number of nitrogens with one attached hydrogen (secondary N) is 1. The molecule has 1 rings (SSSR count). The van der Waals surface area contributed by atoms with Gasteiger partial charge in [-0.15, -0.1) is 0 Å². The highest BCUT2D eigenvalue weighted by Crippen LogP contribution is 2.25. The molecule has 10 heteroatoms. The van der Waals surface area contributed by atoms with Gasteiger partial charge in [0.2, 0.25) is 6.20 Å². The Labute approximate surface area is 115 Å². The highest BCUT2D eigenvalue weighted by molar-refractivity contribution is 9.10. The third-order valence-electron chi connectivity index (χ3n) is 2.10. The van der Waals surface area contributed by atoms with E-state index in [0.29, 0.717) is 4.73 Å². The topological polar surface area (TPSA) is 91.3 Å². The van der Waals surface area contributed by atoms with Crippen LogP contribution in [0.5, 0.6) is 0 Å². The van der Waals surface area contributed by atoms with Crippen molar-refractivity contribution in [2.24, 2.45) is 0 Å². The SMILES string of the molecule is CC(CNc1c[n+]([O-])c(Br)cc1[N+](=O)[O-])OC(F)F. The number of nitro groups is 1. The van der Waals surface area contributed by atoms with Crippen molar-refractivity contribution in [3.63, 3.8) is 0 Å². The Morgan fingerprint density at radius 1 is 1.63 bits per heavy atom. The minimum atomic E-state index is -2.93. The number of anilines is 1. The van der Waals surface area contributed by atoms with Crippen LogP contribution in [0.1, 0.15) is 6.92 Å². The monoisotopic (exact) mass is 341 g/mol. The molecule has 1 aromatic heterocycles. The Hall–Kier alpha value is -1.55. The van der Waals surface area contributed by atoms with E-state index in [1.54, 1.807) is 0 Å². The maximum Gasteiger partial charge on any atom is 0.345 e. The lowest BCUT2D eigenvalue weighted by Crippen LogP contribution is -2.29. The highest BCUT2D eigenvalue weighted by Gasteiger charge is 2.21. The van der Waals surface area contributed by atoms with Crippen LogP contribution in [0.25, 0.3) is 0 Å². The average molecular weight is 342 g/mol. The highest BCUT2D eigenvalue weighted by atomic mass is 79.9. The molecule has 0 fully saturated rings. The normalized spacial score (nSPS) is 12.5. The summed E-state index contributed by atoms with van der Waals surface area (Å²) in [4.78, 5) is 10.1. The first-order valence-electron chi connectivity index (χ1n) is 5.06. The van der Waals surface area contributed by atoms with E-state index in [0.717, 1.165) is 12.3 Å². The van der Waals surface area contributed by atoms with Gasteiger partial charge < -0.3 is 15.3 Å². The molecular formula is C9H10BrF2N3O4. The van der Waals surface area contributed by atoms with Gasteiger partial charge in [0.05, 0.1) is 17.1 Å². The van der Waals surface area contributed by atoms with Crippen LogP contribution in [-0.2, 0) is 4.74 Å². The molecule has 106 valence electrons. The van der Waals surface area contributed by atoms with Gasteiger partial charge in [-0.2, -0.15) is 13.5 Å². The summed E-state index contributed by atoms with van der Waals surface area (Å²) in [5.74, 6) is 0. The molecule has 0 radical (unpaired) electrons. The Bertz CT molecular complexity index is 475. The molecule has 0 saturated carbocycles. The van der Waals surface area contributed by atoms with Crippen LogP contribution in [0, 0.1) is 15.3 Å². The molecule has 0 aromatic carbocycles. The lowest BCUT2D eigenvalue weighted by Gasteiger charge is -2.13. The fraction of sp³-hybridized carbons (Fsp3) is 0.444. The molecule has 1 heterocycles. The van der Waals surface area contributed by atoms with E-state index in [-0.39, 0.29) is 22.5 Å². The summed E-state index contributed by atoms with van der Waals surface area (Å²) in [6.45, 7) is -1.66. The van der Waals surface area contributed by atoms with E-state index in [1.807, 2.05) is 0 Å². The Balaban J connectivity index is 2.82. The van der Waals surface area contributed by atoms with Crippen LogP contribution >= 0.6 is 15.9 Å². The van der Waals surface area contributed by atoms with Crippen molar-refractivity contribution in [3.8, 4) is 0 Å². The predicted octanol–water partition coefficient (Wildman–Crippen LogP) is 2.03. The fourth-order valence-electron chi connectivity index (χ4n) is 1.26. The molecule has 0 bridgehead atoms. The fourth-order valence-corrected chi connectivity index (χ4v) is 1.58. The van der Waals surface area contributed by atoms with Crippen LogP contribution in [-0.4, -0.2) is 24.2 Å². The molecule has 1 atom stereocenters. The Morgan fingerprint density at radius 2 is 2.26 bits per heavy atom. The summed E-state index contributed by atoms with van der Waals surface area (Å²) in [7, 11) is 0. The van der Waals surface area contributed by atoms with Crippen molar-refractivity contribution in [2.75, 3.05) is 11.9 Å². The molecule has 19 heavy (non-hydrogen) atoms. The lowest BCUT2D eigenvalue weighted by atomic mass is 10.3. The maximum atomic E-state index is 11.9. The number of halogens is 3. The van der Waals surface area contributed by atoms with Gasteiger partial charge in [-0.05, 0) is 6.92 Å². The lowest BCUT2D eigenvalue weighted by molar-refractivity contribution is -0.617. The molecule has 0 spiro atoms. The largest absolute Gasteiger partial charge is 0.618 e. The second-order valence-corrected chi connectivity index (χ2v) is 4.38. The molecule has 0 aliphatic rings. The number of nitrogens with zero attached hydrogens (tertiary/aromatic N) is 2. The van der Waals surface area contributed by atoms with E-state index in [1.165, 1.54) is 6.92 Å². The number of hydrogen-bond donors (Lipinski definition) is 1. The van der Waals surface area contributed by atoms with Crippen molar-refractivity contribution >= 4 is 27.3 Å². The number of alkyl halides is 2. The van der Waals surface area contributed by atoms with Crippen molar-refractivity contribution in [2.45, 2.75) is 19.6 Å². The van der Waals surface area contributed by atoms with Crippen molar-refractivity contribution < 1.29 is 23.2 Å². The van der Waals surface area contributed by atoms with Gasteiger partial charge in [0.1, 0.15) is 0 Å². The molecule has 1 unspecified atom stereocenters. The predicted molar refractivity (Wildman–Crippen MR) is 64.8 cm³/mol. The van der Waals surface area contributed by atoms with Crippen molar-refractivity contribution in [1.29, 1.82) is 0 Å². The zero-order chi connectivity index (χ0) is 14.6. The van der Waals surface area contributed by atoms with Crippen molar-refractivity contribution in [1.82, 2.24) is 0 Å². The zero-order valence-corrected chi connectivity index (χ0v) is 11.3. The minimum absolute atomic E-state index is 0.0263. The average Bonchev–Trinajstić information content (AvgIpc) is 2.29. The first-order chi connectivity index (χ1) is 8.81. The van der Waals surface area contributed by atoms with Gasteiger partial charge >= 0.3 is 12.3 Å². The standard InChI is InChI=1S/C9H10BrF2N3O4/c1-5(19-9(11)12)3-13-6-4-14(16)8(10)2-7(6)15(17)18/h2,4-5,9,13H,3H2,1H3. The van der Waals surface area contributed by atoms with Crippen LogP contribution in [0.2, 0.25) is 0 Å². The van der Waals surface area contributed by atoms with Gasteiger partial charge in [-0.3, -0.25) is 10.1 Å². The third kappa shape index (κ3) is 4.56. The number of aromatic nitrogens is 1. The summed E-state index contributed by atoms with van der Waals surface area (Å²) in [6.07, 6.45) is 0.0699. The first kappa shape index (κ1) is 15.5. The molecule has 0 saturated heterocycles. The molecule has 7 nitrogen and oxygen atoms in total. The number of rotatable bonds is 6. The molecule has 0 aliphatic carbocycles. The Kier molecular flexibility index (Phi) is 5.36. The number of pyridine rings is 1. The van der Waals surface area contributed by atoms with Crippen molar-refractivity contribution in [3.05, 3.63) is 32.2 Å². The molecule has 1 aromatic rings. The second-order valence-electron chi connectivity index (χ2n) is 3.57. The summed E-state index contributed by atoms with van der Waals surface area (Å²) in [5, 5.41) is 24.6. The van der Waals surface area contributed by atoms with E-state index in [9.17, 15) is 24.1 Å². The van der Waals surface area contributed by atoms with Crippen LogP contribution in [0.4, 0.5) is 20.2 Å². The first-order valence-corrected chi connectivity index (χ1v) is 5.85. The summed E-state index contributed by atoms with van der Waals surface area (Å²) in [5.41, 5.74) is -0.420. The summed E-state index contributed by atoms with van der Waals surface area (Å²) >= 11 is 2.86. The molecule has 0 aliphatic heterocycles. The van der Waals surface area contributed by atoms with Gasteiger partial charge in [-0.1, -0.05) is 0 Å². The van der Waals surface area contributed by atoms with Gasteiger partial charge in [0.25, 0.3) is 4.60 Å². The smallest absolute Gasteiger partial charge is 0.345 e. The van der Waals surface area contributed by atoms with E-state index >= 15 is 0 Å². The number of hydrogen-bond acceptors (Lipinski definition) is 5. The van der Waals surface area contributed by atoms with E-state index in [2.05, 4.69) is 26.0 Å². The van der Waals surface area contributed by atoms with E-state index in [4.69, 9.17) is 0 Å². The van der Waals surface area contributed by atoms with Gasteiger partial charge in [0.15, 0.2) is 5.69 Å². The number of ether oxygens (including phenoxy) is 1. The quantitative estimate of drug-likeness (QED) is 0.281. The maximum absolute atomic E-state index is 11.9. The summed E-state index contributed by atoms with van der Waals surface area (Å²) in [6, 6.07) is 1.02. The third-order valence-corrected chi connectivity index (χ3v) is 2.68. The molecule has 0 amide bonds. The van der Waals surface area contributed by atoms with Gasteiger partial charge in [0, 0.05) is 22.5 Å². The van der Waals surface area contributed by atoms with Crippen LogP contribution in [0.15, 0.2) is 16.9 Å².